The van der Waals surface area contributed by atoms with Crippen LogP contribution in [-0.4, -0.2) is 43.0 Å². The molecular weight excluding hydrogens is 453 g/mol. The average molecular weight is 487 g/mol. The van der Waals surface area contributed by atoms with Crippen molar-refractivity contribution in [3.05, 3.63) is 30.1 Å². The summed E-state index contributed by atoms with van der Waals surface area (Å²) in [5.74, 6) is 1.59. The third-order valence-corrected chi connectivity index (χ3v) is 4.97. The van der Waals surface area contributed by atoms with Gasteiger partial charge in [0.2, 0.25) is 0 Å². The van der Waals surface area contributed by atoms with Crippen LogP contribution in [0, 0.1) is 5.92 Å². The molecule has 1 atom stereocenters. The van der Waals surface area contributed by atoms with Crippen molar-refractivity contribution >= 4 is 35.8 Å². The van der Waals surface area contributed by atoms with E-state index in [-0.39, 0.29) is 29.9 Å². The molecule has 1 aromatic heterocycles. The molecule has 7 heteroatoms. The maximum Gasteiger partial charge on any atom is 0.252 e. The summed E-state index contributed by atoms with van der Waals surface area (Å²) in [5, 5.41) is 9.57. The minimum absolute atomic E-state index is 0. The Labute approximate surface area is 180 Å². The SMILES string of the molecule is CN=C(NCCNC(=O)c1cccnc1)NC(C)CCC1CCCCC1.I. The highest BCUT2D eigenvalue weighted by Gasteiger charge is 2.15. The Hall–Kier alpha value is -1.38. The number of guanidine groups is 1. The van der Waals surface area contributed by atoms with E-state index in [1.54, 1.807) is 31.6 Å². The fraction of sp³-hybridized carbons (Fsp3) is 0.650. The average Bonchev–Trinajstić information content (AvgIpc) is 2.70. The van der Waals surface area contributed by atoms with Crippen molar-refractivity contribution in [2.45, 2.75) is 57.9 Å². The summed E-state index contributed by atoms with van der Waals surface area (Å²) in [5.41, 5.74) is 0.575. The molecule has 6 nitrogen and oxygen atoms in total. The second kappa shape index (κ2) is 13.7. The van der Waals surface area contributed by atoms with E-state index in [1.807, 2.05) is 0 Å². The number of rotatable bonds is 8. The Morgan fingerprint density at radius 2 is 2.00 bits per heavy atom. The molecule has 1 saturated carbocycles. The maximum atomic E-state index is 11.9. The van der Waals surface area contributed by atoms with Crippen molar-refractivity contribution in [3.8, 4) is 0 Å². The fourth-order valence-corrected chi connectivity index (χ4v) is 3.42. The van der Waals surface area contributed by atoms with E-state index in [2.05, 4.69) is 32.9 Å². The second-order valence-electron chi connectivity index (χ2n) is 7.12. The molecule has 27 heavy (non-hydrogen) atoms. The normalized spacial score (nSPS) is 16.1. The molecule has 0 spiro atoms. The highest BCUT2D eigenvalue weighted by atomic mass is 127. The first-order valence-electron chi connectivity index (χ1n) is 9.84. The molecule has 0 bridgehead atoms. The lowest BCUT2D eigenvalue weighted by molar-refractivity contribution is 0.0954. The van der Waals surface area contributed by atoms with Crippen LogP contribution in [0.4, 0.5) is 0 Å². The van der Waals surface area contributed by atoms with E-state index >= 15 is 0 Å². The lowest BCUT2D eigenvalue weighted by atomic mass is 9.85. The van der Waals surface area contributed by atoms with Gasteiger partial charge in [0.1, 0.15) is 0 Å². The number of hydrogen-bond donors (Lipinski definition) is 3. The van der Waals surface area contributed by atoms with E-state index in [4.69, 9.17) is 0 Å². The first kappa shape index (κ1) is 23.7. The molecule has 1 aliphatic carbocycles. The smallest absolute Gasteiger partial charge is 0.252 e. The molecule has 3 N–H and O–H groups in total. The van der Waals surface area contributed by atoms with Gasteiger partial charge < -0.3 is 16.0 Å². The number of aliphatic imine (C=N–C) groups is 1. The zero-order valence-corrected chi connectivity index (χ0v) is 18.9. The van der Waals surface area contributed by atoms with E-state index in [1.165, 1.54) is 44.9 Å². The lowest BCUT2D eigenvalue weighted by Gasteiger charge is -2.24. The van der Waals surface area contributed by atoms with Gasteiger partial charge in [-0.2, -0.15) is 0 Å². The molecule has 1 fully saturated rings. The number of carbonyl (C=O) groups excluding carboxylic acids is 1. The number of amides is 1. The number of nitrogens with zero attached hydrogens (tertiary/aromatic N) is 2. The van der Waals surface area contributed by atoms with Crippen LogP contribution in [0.3, 0.4) is 0 Å². The van der Waals surface area contributed by atoms with Gasteiger partial charge in [0.15, 0.2) is 5.96 Å². The minimum Gasteiger partial charge on any atom is -0.355 e. The predicted octanol–water partition coefficient (Wildman–Crippen LogP) is 3.34. The van der Waals surface area contributed by atoms with Crippen LogP contribution >= 0.6 is 24.0 Å². The quantitative estimate of drug-likeness (QED) is 0.228. The summed E-state index contributed by atoms with van der Waals surface area (Å²) in [6, 6.07) is 3.91. The molecule has 1 aliphatic rings. The standard InChI is InChI=1S/C20H33N5O.HI/c1-16(10-11-17-7-4-3-5-8-17)25-20(21-2)24-14-13-23-19(26)18-9-6-12-22-15-18;/h6,9,12,15-17H,3-5,7-8,10-11,13-14H2,1-2H3,(H,23,26)(H2,21,24,25);1H. The van der Waals surface area contributed by atoms with Crippen molar-refractivity contribution in [2.24, 2.45) is 10.9 Å². The van der Waals surface area contributed by atoms with Crippen molar-refractivity contribution < 1.29 is 4.79 Å². The summed E-state index contributed by atoms with van der Waals surface area (Å²) < 4.78 is 0. The Morgan fingerprint density at radius 3 is 2.67 bits per heavy atom. The van der Waals surface area contributed by atoms with Crippen molar-refractivity contribution in [1.82, 2.24) is 20.9 Å². The highest BCUT2D eigenvalue weighted by molar-refractivity contribution is 14.0. The first-order chi connectivity index (χ1) is 12.7. The van der Waals surface area contributed by atoms with Gasteiger partial charge in [0.25, 0.3) is 5.91 Å². The predicted molar refractivity (Wildman–Crippen MR) is 122 cm³/mol. The van der Waals surface area contributed by atoms with Gasteiger partial charge in [-0.15, -0.1) is 24.0 Å². The van der Waals surface area contributed by atoms with Crippen LogP contribution in [0.2, 0.25) is 0 Å². The monoisotopic (exact) mass is 487 g/mol. The van der Waals surface area contributed by atoms with Gasteiger partial charge in [0.05, 0.1) is 5.56 Å². The number of carbonyl (C=O) groups is 1. The van der Waals surface area contributed by atoms with Crippen LogP contribution < -0.4 is 16.0 Å². The van der Waals surface area contributed by atoms with Crippen molar-refractivity contribution in [1.29, 1.82) is 0 Å². The molecule has 1 amide bonds. The van der Waals surface area contributed by atoms with Gasteiger partial charge >= 0.3 is 0 Å². The molecule has 1 aromatic rings. The van der Waals surface area contributed by atoms with E-state index < -0.39 is 0 Å². The highest BCUT2D eigenvalue weighted by Crippen LogP contribution is 2.27. The van der Waals surface area contributed by atoms with Gasteiger partial charge in [0, 0.05) is 38.6 Å². The Balaban J connectivity index is 0.00000364. The summed E-state index contributed by atoms with van der Waals surface area (Å²) in [6.07, 6.45) is 12.7. The first-order valence-corrected chi connectivity index (χ1v) is 9.84. The van der Waals surface area contributed by atoms with E-state index in [0.29, 0.717) is 24.7 Å². The number of pyridine rings is 1. The molecule has 0 radical (unpaired) electrons. The van der Waals surface area contributed by atoms with E-state index in [9.17, 15) is 4.79 Å². The second-order valence-corrected chi connectivity index (χ2v) is 7.12. The lowest BCUT2D eigenvalue weighted by Crippen LogP contribution is -2.45. The zero-order chi connectivity index (χ0) is 18.6. The fourth-order valence-electron chi connectivity index (χ4n) is 3.42. The minimum atomic E-state index is -0.108. The van der Waals surface area contributed by atoms with Gasteiger partial charge in [-0.1, -0.05) is 32.1 Å². The van der Waals surface area contributed by atoms with Crippen LogP contribution in [-0.2, 0) is 0 Å². The summed E-state index contributed by atoms with van der Waals surface area (Å²) in [7, 11) is 1.78. The molecule has 152 valence electrons. The molecule has 0 aromatic carbocycles. The molecule has 1 unspecified atom stereocenters. The third-order valence-electron chi connectivity index (χ3n) is 4.97. The van der Waals surface area contributed by atoms with Crippen LogP contribution in [0.15, 0.2) is 29.5 Å². The molecule has 1 heterocycles. The Morgan fingerprint density at radius 1 is 1.26 bits per heavy atom. The van der Waals surface area contributed by atoms with E-state index in [0.717, 1.165) is 11.9 Å². The summed E-state index contributed by atoms with van der Waals surface area (Å²) in [6.45, 7) is 3.37. The largest absolute Gasteiger partial charge is 0.355 e. The van der Waals surface area contributed by atoms with Crippen molar-refractivity contribution in [2.75, 3.05) is 20.1 Å². The summed E-state index contributed by atoms with van der Waals surface area (Å²) in [4.78, 5) is 20.2. The number of nitrogens with one attached hydrogen (secondary N) is 3. The molecule has 0 aliphatic heterocycles. The molecular formula is C20H34IN5O. The van der Waals surface area contributed by atoms with Gasteiger partial charge in [-0.05, 0) is 37.8 Å². The molecule has 2 rings (SSSR count). The Kier molecular flexibility index (Phi) is 12.0. The summed E-state index contributed by atoms with van der Waals surface area (Å²) >= 11 is 0. The van der Waals surface area contributed by atoms with Crippen LogP contribution in [0.5, 0.6) is 0 Å². The van der Waals surface area contributed by atoms with Gasteiger partial charge in [-0.25, -0.2) is 0 Å². The topological polar surface area (TPSA) is 78.4 Å². The van der Waals surface area contributed by atoms with Crippen molar-refractivity contribution in [3.63, 3.8) is 0 Å². The maximum absolute atomic E-state index is 11.9. The zero-order valence-electron chi connectivity index (χ0n) is 16.5. The van der Waals surface area contributed by atoms with Crippen LogP contribution in [0.25, 0.3) is 0 Å². The number of aromatic nitrogens is 1. The Bertz CT molecular complexity index is 561. The van der Waals surface area contributed by atoms with Crippen LogP contribution in [0.1, 0.15) is 62.2 Å². The third kappa shape index (κ3) is 9.39. The number of halogens is 1. The molecule has 0 saturated heterocycles. The van der Waals surface area contributed by atoms with Gasteiger partial charge in [-0.3, -0.25) is 14.8 Å². The number of hydrogen-bond acceptors (Lipinski definition) is 3.